The molecule has 0 unspecified atom stereocenters. The lowest BCUT2D eigenvalue weighted by Gasteiger charge is -2.17. The summed E-state index contributed by atoms with van der Waals surface area (Å²) in [6.07, 6.45) is 0. The minimum Gasteiger partial charge on any atom is -0.208 e. The van der Waals surface area contributed by atoms with E-state index in [-0.39, 0.29) is 0 Å². The first-order valence-corrected chi connectivity index (χ1v) is 14.2. The predicted octanol–water partition coefficient (Wildman–Crippen LogP) is 9.98. The molecule has 0 fully saturated rings. The first-order valence-electron chi connectivity index (χ1n) is 14.2. The molecular formula is C39H23N3. The maximum absolute atomic E-state index is 5.24. The van der Waals surface area contributed by atoms with Gasteiger partial charge in [-0.05, 0) is 49.7 Å². The lowest BCUT2D eigenvalue weighted by atomic mass is 9.89. The highest BCUT2D eigenvalue weighted by Gasteiger charge is 2.28. The van der Waals surface area contributed by atoms with E-state index in [1.54, 1.807) is 0 Å². The second-order valence-electron chi connectivity index (χ2n) is 10.8. The van der Waals surface area contributed by atoms with E-state index in [9.17, 15) is 0 Å². The van der Waals surface area contributed by atoms with Gasteiger partial charge in [0.2, 0.25) is 0 Å². The van der Waals surface area contributed by atoms with Crippen LogP contribution in [0.4, 0.5) is 0 Å². The van der Waals surface area contributed by atoms with Crippen LogP contribution in [0.2, 0.25) is 0 Å². The molecule has 1 aliphatic rings. The molecular weight excluding hydrogens is 510 g/mol. The zero-order chi connectivity index (χ0) is 27.6. The quantitative estimate of drug-likeness (QED) is 0.212. The molecule has 1 heterocycles. The van der Waals surface area contributed by atoms with Crippen LogP contribution in [0.15, 0.2) is 140 Å². The van der Waals surface area contributed by atoms with Crippen molar-refractivity contribution in [3.63, 3.8) is 0 Å². The van der Waals surface area contributed by atoms with Gasteiger partial charge in [0.25, 0.3) is 0 Å². The van der Waals surface area contributed by atoms with Crippen molar-refractivity contribution in [2.45, 2.75) is 0 Å². The fourth-order valence-electron chi connectivity index (χ4n) is 6.58. The van der Waals surface area contributed by atoms with Gasteiger partial charge in [0, 0.05) is 27.6 Å². The van der Waals surface area contributed by atoms with Gasteiger partial charge in [0.05, 0.1) is 0 Å². The van der Waals surface area contributed by atoms with Gasteiger partial charge in [-0.15, -0.1) is 0 Å². The SMILES string of the molecule is c1ccc(-c2nc(-c3ccccc3)nc(-c3c4c(cc5ccc6ccccc6c35)-c3cccc5cccc-4c35)n2)cc1. The average molecular weight is 534 g/mol. The molecule has 0 atom stereocenters. The van der Waals surface area contributed by atoms with Crippen molar-refractivity contribution in [1.82, 2.24) is 15.0 Å². The largest absolute Gasteiger partial charge is 0.208 e. The second-order valence-corrected chi connectivity index (χ2v) is 10.8. The summed E-state index contributed by atoms with van der Waals surface area (Å²) < 4.78 is 0. The molecule has 0 bridgehead atoms. The van der Waals surface area contributed by atoms with Crippen LogP contribution in [0.5, 0.6) is 0 Å². The molecule has 1 aliphatic carbocycles. The van der Waals surface area contributed by atoms with Gasteiger partial charge >= 0.3 is 0 Å². The number of hydrogen-bond donors (Lipinski definition) is 0. The third-order valence-corrected chi connectivity index (χ3v) is 8.42. The fraction of sp³-hybridized carbons (Fsp3) is 0. The van der Waals surface area contributed by atoms with Gasteiger partial charge in [-0.25, -0.2) is 15.0 Å². The smallest absolute Gasteiger partial charge is 0.165 e. The lowest BCUT2D eigenvalue weighted by Crippen LogP contribution is -2.02. The Morgan fingerprint density at radius 1 is 0.333 bits per heavy atom. The summed E-state index contributed by atoms with van der Waals surface area (Å²) in [7, 11) is 0. The van der Waals surface area contributed by atoms with Crippen molar-refractivity contribution in [1.29, 1.82) is 0 Å². The third kappa shape index (κ3) is 3.37. The number of fused-ring (bicyclic) bond motifs is 6. The van der Waals surface area contributed by atoms with Crippen molar-refractivity contribution in [2.24, 2.45) is 0 Å². The Bertz CT molecular complexity index is 2280. The van der Waals surface area contributed by atoms with E-state index in [1.165, 1.54) is 54.6 Å². The number of nitrogens with zero attached hydrogens (tertiary/aromatic N) is 3. The molecule has 0 radical (unpaired) electrons. The Morgan fingerprint density at radius 2 is 0.905 bits per heavy atom. The molecule has 1 aromatic heterocycles. The van der Waals surface area contributed by atoms with E-state index in [0.717, 1.165) is 16.7 Å². The van der Waals surface area contributed by atoms with Crippen LogP contribution in [-0.2, 0) is 0 Å². The van der Waals surface area contributed by atoms with Crippen LogP contribution in [0.3, 0.4) is 0 Å². The highest BCUT2D eigenvalue weighted by atomic mass is 15.0. The molecule has 0 spiro atoms. The molecule has 3 heteroatoms. The predicted molar refractivity (Wildman–Crippen MR) is 173 cm³/mol. The van der Waals surface area contributed by atoms with Crippen LogP contribution in [0.1, 0.15) is 0 Å². The number of aromatic nitrogens is 3. The summed E-state index contributed by atoms with van der Waals surface area (Å²) in [6.45, 7) is 0. The van der Waals surface area contributed by atoms with Crippen molar-refractivity contribution >= 4 is 32.3 Å². The number of rotatable bonds is 3. The van der Waals surface area contributed by atoms with E-state index in [4.69, 9.17) is 15.0 Å². The molecule has 8 aromatic rings. The van der Waals surface area contributed by atoms with E-state index >= 15 is 0 Å². The van der Waals surface area contributed by atoms with E-state index in [1.807, 2.05) is 36.4 Å². The van der Waals surface area contributed by atoms with Gasteiger partial charge in [0.1, 0.15) is 0 Å². The molecule has 0 N–H and O–H groups in total. The Kier molecular flexibility index (Phi) is 4.90. The fourth-order valence-corrected chi connectivity index (χ4v) is 6.58. The van der Waals surface area contributed by atoms with Gasteiger partial charge in [-0.2, -0.15) is 0 Å². The molecule has 0 saturated heterocycles. The van der Waals surface area contributed by atoms with Gasteiger partial charge < -0.3 is 0 Å². The first-order chi connectivity index (χ1) is 20.8. The molecule has 42 heavy (non-hydrogen) atoms. The summed E-state index contributed by atoms with van der Waals surface area (Å²) in [4.78, 5) is 15.5. The van der Waals surface area contributed by atoms with Crippen LogP contribution in [-0.4, -0.2) is 15.0 Å². The Morgan fingerprint density at radius 3 is 1.62 bits per heavy atom. The summed E-state index contributed by atoms with van der Waals surface area (Å²) >= 11 is 0. The minimum absolute atomic E-state index is 0.666. The standard InChI is InChI=1S/C39H23N3/c1-3-12-26(13-4-1)37-40-38(27-14-5-2-6-15-27)42-39(41-37)36-34-28(22-21-24-11-7-8-18-29(24)34)23-32-30-19-9-16-25-17-10-20-31(33(25)30)35(32)36/h1-23H. The van der Waals surface area contributed by atoms with Gasteiger partial charge in [-0.3, -0.25) is 0 Å². The summed E-state index contributed by atoms with van der Waals surface area (Å²) in [5.74, 6) is 2.02. The zero-order valence-corrected chi connectivity index (χ0v) is 22.6. The Balaban J connectivity index is 1.47. The maximum atomic E-state index is 5.24. The highest BCUT2D eigenvalue weighted by Crippen LogP contribution is 2.53. The normalized spacial score (nSPS) is 11.8. The topological polar surface area (TPSA) is 38.7 Å². The zero-order valence-electron chi connectivity index (χ0n) is 22.6. The third-order valence-electron chi connectivity index (χ3n) is 8.42. The van der Waals surface area contributed by atoms with Crippen LogP contribution in [0.25, 0.3) is 88.7 Å². The minimum atomic E-state index is 0.666. The highest BCUT2D eigenvalue weighted by molar-refractivity contribution is 6.26. The number of hydrogen-bond acceptors (Lipinski definition) is 3. The molecule has 0 amide bonds. The van der Waals surface area contributed by atoms with E-state index < -0.39 is 0 Å². The van der Waals surface area contributed by atoms with Crippen molar-refractivity contribution in [2.75, 3.05) is 0 Å². The van der Waals surface area contributed by atoms with Gasteiger partial charge in [0.15, 0.2) is 17.5 Å². The Labute approximate surface area is 242 Å². The van der Waals surface area contributed by atoms with Crippen molar-refractivity contribution in [3.8, 4) is 56.4 Å². The Hall–Kier alpha value is -5.67. The molecule has 194 valence electrons. The molecule has 0 saturated carbocycles. The van der Waals surface area contributed by atoms with Crippen molar-refractivity contribution < 1.29 is 0 Å². The summed E-state index contributed by atoms with van der Waals surface area (Å²) in [5, 5.41) is 7.26. The second kappa shape index (κ2) is 8.92. The van der Waals surface area contributed by atoms with Crippen LogP contribution in [0, 0.1) is 0 Å². The maximum Gasteiger partial charge on any atom is 0.165 e. The first kappa shape index (κ1) is 23.1. The number of benzene rings is 7. The summed E-state index contributed by atoms with van der Waals surface area (Å²) in [5.41, 5.74) is 7.88. The van der Waals surface area contributed by atoms with E-state index in [0.29, 0.717) is 17.5 Å². The molecule has 3 nitrogen and oxygen atoms in total. The molecule has 9 rings (SSSR count). The van der Waals surface area contributed by atoms with Crippen LogP contribution >= 0.6 is 0 Å². The van der Waals surface area contributed by atoms with Gasteiger partial charge in [-0.1, -0.05) is 133 Å². The monoisotopic (exact) mass is 533 g/mol. The van der Waals surface area contributed by atoms with Crippen LogP contribution < -0.4 is 0 Å². The summed E-state index contributed by atoms with van der Waals surface area (Å²) in [6, 6.07) is 49.0. The van der Waals surface area contributed by atoms with Crippen molar-refractivity contribution in [3.05, 3.63) is 140 Å². The average Bonchev–Trinajstić information content (AvgIpc) is 3.39. The van der Waals surface area contributed by atoms with E-state index in [2.05, 4.69) is 103 Å². The molecule has 0 aliphatic heterocycles. The lowest BCUT2D eigenvalue weighted by molar-refractivity contribution is 1.08. The molecule has 7 aromatic carbocycles.